The first-order valence-electron chi connectivity index (χ1n) is 8.12. The number of hydrogen-bond donors (Lipinski definition) is 3. The summed E-state index contributed by atoms with van der Waals surface area (Å²) in [5.74, 6) is 0.697. The van der Waals surface area contributed by atoms with E-state index in [4.69, 9.17) is 0 Å². The fraction of sp³-hybridized carbons (Fsp3) is 0.278. The number of benzene rings is 1. The first-order valence-corrected chi connectivity index (χ1v) is 8.91. The smallest absolute Gasteiger partial charge is 0.273 e. The Morgan fingerprint density at radius 2 is 1.92 bits per heavy atom. The Hall–Kier alpha value is -2.41. The lowest BCUT2D eigenvalue weighted by Crippen LogP contribution is -2.28. The maximum atomic E-state index is 12.5. The number of carbonyl (C=O) groups is 1. The van der Waals surface area contributed by atoms with Crippen molar-refractivity contribution in [2.75, 3.05) is 0 Å². The van der Waals surface area contributed by atoms with Crippen molar-refractivity contribution in [2.45, 2.75) is 32.7 Å². The summed E-state index contributed by atoms with van der Waals surface area (Å²) in [6, 6.07) is 9.67. The van der Waals surface area contributed by atoms with Crippen molar-refractivity contribution in [3.05, 3.63) is 58.2 Å². The number of amides is 1. The van der Waals surface area contributed by atoms with E-state index in [0.717, 1.165) is 17.0 Å². The molecule has 0 saturated carbocycles. The molecule has 1 aromatic carbocycles. The van der Waals surface area contributed by atoms with Gasteiger partial charge in [0.2, 0.25) is 0 Å². The van der Waals surface area contributed by atoms with E-state index in [9.17, 15) is 4.79 Å². The number of nitrogens with one attached hydrogen (secondary N) is 3. The number of nitrogens with zero attached hydrogens (tertiary/aromatic N) is 2. The van der Waals surface area contributed by atoms with Crippen LogP contribution in [0.3, 0.4) is 0 Å². The van der Waals surface area contributed by atoms with Crippen LogP contribution < -0.4 is 5.32 Å². The molecule has 0 spiro atoms. The third-order valence-corrected chi connectivity index (χ3v) is 4.77. The number of imidazole rings is 1. The zero-order valence-corrected chi connectivity index (χ0v) is 15.9. The molecule has 0 bridgehead atoms. The van der Waals surface area contributed by atoms with E-state index in [1.54, 1.807) is 6.20 Å². The summed E-state index contributed by atoms with van der Waals surface area (Å²) in [6.45, 7) is 5.96. The summed E-state index contributed by atoms with van der Waals surface area (Å²) >= 11 is 3.46. The molecule has 130 valence electrons. The quantitative estimate of drug-likeness (QED) is 0.599. The molecule has 6 nitrogen and oxygen atoms in total. The third-order valence-electron chi connectivity index (χ3n) is 3.96. The zero-order valence-electron chi connectivity index (χ0n) is 14.3. The Labute approximate surface area is 154 Å². The van der Waals surface area contributed by atoms with Crippen LogP contribution in [0.2, 0.25) is 0 Å². The average molecular weight is 402 g/mol. The lowest BCUT2D eigenvalue weighted by Gasteiger charge is -2.10. The molecule has 3 N–H and O–H groups in total. The highest BCUT2D eigenvalue weighted by Crippen LogP contribution is 2.26. The van der Waals surface area contributed by atoms with Crippen LogP contribution in [-0.4, -0.2) is 26.1 Å². The molecule has 0 aliphatic rings. The minimum Gasteiger partial charge on any atom is -0.341 e. The lowest BCUT2D eigenvalue weighted by molar-refractivity contribution is 0.0932. The molecule has 1 amide bonds. The molecule has 2 heterocycles. The van der Waals surface area contributed by atoms with Crippen molar-refractivity contribution < 1.29 is 4.79 Å². The second kappa shape index (κ2) is 7.23. The van der Waals surface area contributed by atoms with Gasteiger partial charge in [0.05, 0.1) is 28.1 Å². The molecule has 3 rings (SSSR count). The number of rotatable bonds is 5. The molecular formula is C18H20BrN5O. The maximum absolute atomic E-state index is 12.5. The van der Waals surface area contributed by atoms with Gasteiger partial charge < -0.3 is 10.3 Å². The molecule has 0 aliphatic heterocycles. The number of aromatic amines is 2. The molecule has 1 atom stereocenters. The Balaban J connectivity index is 1.73. The Morgan fingerprint density at radius 3 is 2.56 bits per heavy atom. The second-order valence-corrected chi connectivity index (χ2v) is 6.99. The van der Waals surface area contributed by atoms with E-state index in [-0.39, 0.29) is 17.9 Å². The van der Waals surface area contributed by atoms with Crippen LogP contribution in [0.15, 0.2) is 41.0 Å². The normalized spacial score (nSPS) is 12.4. The predicted octanol–water partition coefficient (Wildman–Crippen LogP) is 4.18. The molecule has 2 aromatic heterocycles. The van der Waals surface area contributed by atoms with Crippen molar-refractivity contribution in [3.8, 4) is 11.3 Å². The first kappa shape index (κ1) is 17.4. The molecular weight excluding hydrogens is 382 g/mol. The summed E-state index contributed by atoms with van der Waals surface area (Å²) in [6.07, 6.45) is 1.77. The van der Waals surface area contributed by atoms with Gasteiger partial charge in [0.1, 0.15) is 5.82 Å². The predicted molar refractivity (Wildman–Crippen MR) is 100 cm³/mol. The number of aromatic nitrogens is 4. The highest BCUT2D eigenvalue weighted by atomic mass is 79.9. The zero-order chi connectivity index (χ0) is 18.0. The van der Waals surface area contributed by atoms with Gasteiger partial charge in [-0.1, -0.05) is 44.2 Å². The van der Waals surface area contributed by atoms with Gasteiger partial charge in [-0.2, -0.15) is 5.10 Å². The number of H-pyrrole nitrogens is 2. The van der Waals surface area contributed by atoms with Gasteiger partial charge in [0.15, 0.2) is 5.69 Å². The molecule has 0 saturated heterocycles. The van der Waals surface area contributed by atoms with Crippen molar-refractivity contribution >= 4 is 21.8 Å². The monoisotopic (exact) mass is 401 g/mol. The van der Waals surface area contributed by atoms with Crippen LogP contribution >= 0.6 is 15.9 Å². The molecule has 3 aromatic rings. The lowest BCUT2D eigenvalue weighted by atomic mass is 10.1. The van der Waals surface area contributed by atoms with Crippen LogP contribution in [0, 0.1) is 0 Å². The second-order valence-electron chi connectivity index (χ2n) is 6.20. The number of hydrogen-bond acceptors (Lipinski definition) is 3. The summed E-state index contributed by atoms with van der Waals surface area (Å²) < 4.78 is 0.705. The van der Waals surface area contributed by atoms with Gasteiger partial charge in [0.25, 0.3) is 5.91 Å². The largest absolute Gasteiger partial charge is 0.341 e. The Kier molecular flexibility index (Phi) is 5.03. The summed E-state index contributed by atoms with van der Waals surface area (Å²) in [4.78, 5) is 20.1. The maximum Gasteiger partial charge on any atom is 0.273 e. The molecule has 7 heteroatoms. The van der Waals surface area contributed by atoms with Crippen molar-refractivity contribution in [1.82, 2.24) is 25.5 Å². The van der Waals surface area contributed by atoms with Crippen molar-refractivity contribution in [3.63, 3.8) is 0 Å². The third kappa shape index (κ3) is 3.66. The average Bonchev–Trinajstić information content (AvgIpc) is 3.22. The molecule has 0 aliphatic carbocycles. The Bertz CT molecular complexity index is 869. The molecule has 1 unspecified atom stereocenters. The molecule has 0 radical (unpaired) electrons. The number of carbonyl (C=O) groups excluding carboxylic acids is 1. The van der Waals surface area contributed by atoms with Crippen molar-refractivity contribution in [1.29, 1.82) is 0 Å². The standard InChI is InChI=1S/C18H20BrN5O/c1-10(2)15-14(19)16(24-23-15)18(25)21-11(3)17-20-9-13(22-17)12-7-5-4-6-8-12/h4-11H,1-3H3,(H,20,22)(H,21,25)(H,23,24). The van der Waals surface area contributed by atoms with E-state index in [0.29, 0.717) is 16.0 Å². The highest BCUT2D eigenvalue weighted by molar-refractivity contribution is 9.10. The fourth-order valence-corrected chi connectivity index (χ4v) is 3.34. The summed E-state index contributed by atoms with van der Waals surface area (Å²) in [5.41, 5.74) is 3.23. The van der Waals surface area contributed by atoms with Crippen LogP contribution in [-0.2, 0) is 0 Å². The summed E-state index contributed by atoms with van der Waals surface area (Å²) in [7, 11) is 0. The van der Waals surface area contributed by atoms with Crippen LogP contribution in [0.25, 0.3) is 11.3 Å². The minimum atomic E-state index is -0.268. The SMILES string of the molecule is CC(C)c1[nH]nc(C(=O)NC(C)c2ncc(-c3ccccc3)[nH]2)c1Br. The topological polar surface area (TPSA) is 86.5 Å². The molecule has 25 heavy (non-hydrogen) atoms. The number of halogens is 1. The van der Waals surface area contributed by atoms with E-state index in [1.165, 1.54) is 0 Å². The first-order chi connectivity index (χ1) is 12.0. The van der Waals surface area contributed by atoms with Gasteiger partial charge in [-0.3, -0.25) is 9.89 Å². The highest BCUT2D eigenvalue weighted by Gasteiger charge is 2.21. The van der Waals surface area contributed by atoms with E-state index < -0.39 is 0 Å². The molecule has 0 fully saturated rings. The fourth-order valence-electron chi connectivity index (χ4n) is 2.53. The van der Waals surface area contributed by atoms with E-state index in [2.05, 4.69) is 41.4 Å². The van der Waals surface area contributed by atoms with Crippen LogP contribution in [0.5, 0.6) is 0 Å². The van der Waals surface area contributed by atoms with Gasteiger partial charge >= 0.3 is 0 Å². The van der Waals surface area contributed by atoms with Gasteiger partial charge in [-0.25, -0.2) is 4.98 Å². The van der Waals surface area contributed by atoms with Gasteiger partial charge in [-0.05, 0) is 34.3 Å². The van der Waals surface area contributed by atoms with E-state index >= 15 is 0 Å². The Morgan fingerprint density at radius 1 is 1.20 bits per heavy atom. The summed E-state index contributed by atoms with van der Waals surface area (Å²) in [5, 5.41) is 9.96. The van der Waals surface area contributed by atoms with Crippen LogP contribution in [0.1, 0.15) is 54.7 Å². The van der Waals surface area contributed by atoms with Crippen LogP contribution in [0.4, 0.5) is 0 Å². The minimum absolute atomic E-state index is 0.249. The van der Waals surface area contributed by atoms with Gasteiger partial charge in [-0.15, -0.1) is 0 Å². The van der Waals surface area contributed by atoms with E-state index in [1.807, 2.05) is 51.1 Å². The van der Waals surface area contributed by atoms with Gasteiger partial charge in [0, 0.05) is 0 Å². The van der Waals surface area contributed by atoms with Crippen molar-refractivity contribution in [2.24, 2.45) is 0 Å².